The Hall–Kier alpha value is -2.01. The van der Waals surface area contributed by atoms with E-state index in [9.17, 15) is 4.79 Å². The van der Waals surface area contributed by atoms with Crippen LogP contribution in [0.3, 0.4) is 0 Å². The van der Waals surface area contributed by atoms with Crippen LogP contribution in [0, 0.1) is 0 Å². The summed E-state index contributed by atoms with van der Waals surface area (Å²) < 4.78 is 16.7. The van der Waals surface area contributed by atoms with Crippen molar-refractivity contribution in [1.29, 1.82) is 0 Å². The minimum atomic E-state index is -0.375. The van der Waals surface area contributed by atoms with Gasteiger partial charge in [0.15, 0.2) is 11.5 Å². The van der Waals surface area contributed by atoms with Gasteiger partial charge in [0.05, 0.1) is 20.6 Å². The first-order valence-corrected chi connectivity index (χ1v) is 7.09. The maximum atomic E-state index is 12.1. The Labute approximate surface area is 131 Å². The zero-order chi connectivity index (χ0) is 15.2. The van der Waals surface area contributed by atoms with Gasteiger partial charge in [0.2, 0.25) is 5.75 Å². The molecule has 5 heteroatoms. The molecule has 0 fully saturated rings. The van der Waals surface area contributed by atoms with E-state index < -0.39 is 0 Å². The van der Waals surface area contributed by atoms with Crippen LogP contribution in [-0.4, -0.2) is 20.2 Å². The van der Waals surface area contributed by atoms with Crippen LogP contribution in [0.15, 0.2) is 46.9 Å². The number of carbonyl (C=O) groups is 1. The summed E-state index contributed by atoms with van der Waals surface area (Å²) in [5.41, 5.74) is 0.872. The van der Waals surface area contributed by atoms with Crippen molar-refractivity contribution in [2.24, 2.45) is 0 Å². The van der Waals surface area contributed by atoms with Gasteiger partial charge in [-0.2, -0.15) is 0 Å². The third-order valence-corrected chi connectivity index (χ3v) is 3.39. The molecule has 0 radical (unpaired) electrons. The van der Waals surface area contributed by atoms with Crippen LogP contribution >= 0.6 is 15.9 Å². The molecule has 0 saturated heterocycles. The van der Waals surface area contributed by atoms with Gasteiger partial charge in [0, 0.05) is 4.47 Å². The summed E-state index contributed by atoms with van der Waals surface area (Å²) >= 11 is 3.35. The van der Waals surface area contributed by atoms with Gasteiger partial charge >= 0.3 is 5.97 Å². The Kier molecular flexibility index (Phi) is 5.22. The molecular weight excluding hydrogens is 336 g/mol. The molecule has 0 saturated carbocycles. The lowest BCUT2D eigenvalue weighted by atomic mass is 10.1. The summed E-state index contributed by atoms with van der Waals surface area (Å²) in [6.07, 6.45) is 0.175. The van der Waals surface area contributed by atoms with Gasteiger partial charge in [-0.3, -0.25) is 4.79 Å². The van der Waals surface area contributed by atoms with Gasteiger partial charge in [-0.05, 0) is 29.8 Å². The molecule has 0 spiro atoms. The van der Waals surface area contributed by atoms with Crippen molar-refractivity contribution in [2.45, 2.75) is 6.42 Å². The Morgan fingerprint density at radius 1 is 1.00 bits per heavy atom. The van der Waals surface area contributed by atoms with Crippen LogP contribution < -0.4 is 14.2 Å². The number of esters is 1. The quantitative estimate of drug-likeness (QED) is 0.610. The van der Waals surface area contributed by atoms with E-state index in [2.05, 4.69) is 15.9 Å². The molecule has 2 rings (SSSR count). The van der Waals surface area contributed by atoms with Crippen molar-refractivity contribution in [3.63, 3.8) is 0 Å². The first kappa shape index (κ1) is 15.4. The molecule has 0 unspecified atom stereocenters. The van der Waals surface area contributed by atoms with Gasteiger partial charge in [0.25, 0.3) is 0 Å². The molecule has 0 atom stereocenters. The molecule has 21 heavy (non-hydrogen) atoms. The Bertz CT molecular complexity index is 600. The predicted molar refractivity (Wildman–Crippen MR) is 83.0 cm³/mol. The fourth-order valence-corrected chi connectivity index (χ4v) is 2.10. The zero-order valence-corrected chi connectivity index (χ0v) is 13.3. The molecule has 0 aliphatic rings. The highest BCUT2D eigenvalue weighted by Gasteiger charge is 2.15. The number of ether oxygens (including phenoxy) is 3. The number of carbonyl (C=O) groups excluding carboxylic acids is 1. The lowest BCUT2D eigenvalue weighted by Crippen LogP contribution is -2.12. The van der Waals surface area contributed by atoms with E-state index >= 15 is 0 Å². The lowest BCUT2D eigenvalue weighted by Gasteiger charge is -2.12. The number of benzene rings is 2. The molecule has 0 bridgehead atoms. The number of methoxy groups -OCH3 is 2. The SMILES string of the molecule is COc1cccc(OC)c1OC(=O)Cc1ccc(Br)cc1. The molecule has 0 aliphatic heterocycles. The number of rotatable bonds is 5. The average molecular weight is 351 g/mol. The second kappa shape index (κ2) is 7.13. The minimum Gasteiger partial charge on any atom is -0.493 e. The Balaban J connectivity index is 2.14. The van der Waals surface area contributed by atoms with E-state index in [0.29, 0.717) is 17.2 Å². The third kappa shape index (κ3) is 3.98. The van der Waals surface area contributed by atoms with Gasteiger partial charge in [0.1, 0.15) is 0 Å². The van der Waals surface area contributed by atoms with Crippen molar-refractivity contribution >= 4 is 21.9 Å². The summed E-state index contributed by atoms with van der Waals surface area (Å²) in [5, 5.41) is 0. The number of hydrogen-bond acceptors (Lipinski definition) is 4. The summed E-state index contributed by atoms with van der Waals surface area (Å²) in [7, 11) is 3.03. The maximum absolute atomic E-state index is 12.1. The van der Waals surface area contributed by atoms with E-state index in [-0.39, 0.29) is 12.4 Å². The molecule has 110 valence electrons. The number of para-hydroxylation sites is 1. The zero-order valence-electron chi connectivity index (χ0n) is 11.8. The molecule has 0 amide bonds. The normalized spacial score (nSPS) is 10.0. The van der Waals surface area contributed by atoms with Crippen LogP contribution in [-0.2, 0) is 11.2 Å². The van der Waals surface area contributed by atoms with Crippen molar-refractivity contribution in [3.8, 4) is 17.2 Å². The molecule has 0 aromatic heterocycles. The smallest absolute Gasteiger partial charge is 0.315 e. The largest absolute Gasteiger partial charge is 0.493 e. The fourth-order valence-electron chi connectivity index (χ4n) is 1.84. The van der Waals surface area contributed by atoms with Crippen LogP contribution in [0.25, 0.3) is 0 Å². The van der Waals surface area contributed by atoms with Crippen LogP contribution in [0.5, 0.6) is 17.2 Å². The fraction of sp³-hybridized carbons (Fsp3) is 0.188. The lowest BCUT2D eigenvalue weighted by molar-refractivity contribution is -0.133. The summed E-state index contributed by atoms with van der Waals surface area (Å²) in [6.45, 7) is 0. The Morgan fingerprint density at radius 3 is 2.10 bits per heavy atom. The molecule has 4 nitrogen and oxygen atoms in total. The molecule has 2 aromatic carbocycles. The number of halogens is 1. The van der Waals surface area contributed by atoms with Gasteiger partial charge in [-0.15, -0.1) is 0 Å². The Morgan fingerprint density at radius 2 is 1.57 bits per heavy atom. The number of hydrogen-bond donors (Lipinski definition) is 0. The third-order valence-electron chi connectivity index (χ3n) is 2.86. The molecule has 0 N–H and O–H groups in total. The summed E-state index contributed by atoms with van der Waals surface area (Å²) in [6, 6.07) is 12.7. The van der Waals surface area contributed by atoms with Crippen molar-refractivity contribution in [1.82, 2.24) is 0 Å². The van der Waals surface area contributed by atoms with E-state index in [1.165, 1.54) is 14.2 Å². The van der Waals surface area contributed by atoms with Crippen molar-refractivity contribution in [2.75, 3.05) is 14.2 Å². The summed E-state index contributed by atoms with van der Waals surface area (Å²) in [5.74, 6) is 0.835. The molecular formula is C16H15BrO4. The van der Waals surface area contributed by atoms with Crippen LogP contribution in [0.4, 0.5) is 0 Å². The highest BCUT2D eigenvalue weighted by Crippen LogP contribution is 2.36. The van der Waals surface area contributed by atoms with Crippen LogP contribution in [0.1, 0.15) is 5.56 Å². The van der Waals surface area contributed by atoms with Gasteiger partial charge in [-0.1, -0.05) is 34.1 Å². The molecule has 0 heterocycles. The van der Waals surface area contributed by atoms with E-state index in [1.54, 1.807) is 18.2 Å². The minimum absolute atomic E-state index is 0.175. The highest BCUT2D eigenvalue weighted by molar-refractivity contribution is 9.10. The predicted octanol–water partition coefficient (Wildman–Crippen LogP) is 3.61. The van der Waals surface area contributed by atoms with Crippen molar-refractivity contribution < 1.29 is 19.0 Å². The highest BCUT2D eigenvalue weighted by atomic mass is 79.9. The standard InChI is InChI=1S/C16H15BrO4/c1-19-13-4-3-5-14(20-2)16(13)21-15(18)10-11-6-8-12(17)9-7-11/h3-9H,10H2,1-2H3. The van der Waals surface area contributed by atoms with E-state index in [0.717, 1.165) is 10.0 Å². The first-order chi connectivity index (χ1) is 10.1. The van der Waals surface area contributed by atoms with Gasteiger partial charge in [-0.25, -0.2) is 0 Å². The first-order valence-electron chi connectivity index (χ1n) is 6.30. The topological polar surface area (TPSA) is 44.8 Å². The second-order valence-electron chi connectivity index (χ2n) is 4.27. The van der Waals surface area contributed by atoms with E-state index in [4.69, 9.17) is 14.2 Å². The molecule has 0 aliphatic carbocycles. The monoisotopic (exact) mass is 350 g/mol. The van der Waals surface area contributed by atoms with Gasteiger partial charge < -0.3 is 14.2 Å². The summed E-state index contributed by atoms with van der Waals surface area (Å²) in [4.78, 5) is 12.1. The van der Waals surface area contributed by atoms with Crippen molar-refractivity contribution in [3.05, 3.63) is 52.5 Å². The van der Waals surface area contributed by atoms with E-state index in [1.807, 2.05) is 24.3 Å². The molecule has 2 aromatic rings. The second-order valence-corrected chi connectivity index (χ2v) is 5.18. The maximum Gasteiger partial charge on any atom is 0.315 e. The average Bonchev–Trinajstić information content (AvgIpc) is 2.49. The van der Waals surface area contributed by atoms with Crippen LogP contribution in [0.2, 0.25) is 0 Å².